The molecule has 4 aromatic rings. The molecule has 7 heteroatoms. The molecule has 0 fully saturated rings. The first-order chi connectivity index (χ1) is 23.6. The molecule has 0 bridgehead atoms. The van der Waals surface area contributed by atoms with Crippen molar-refractivity contribution in [1.82, 2.24) is 20.4 Å². The fraction of sp³-hybridized carbons (Fsp3) is 0.310. The second kappa shape index (κ2) is 17.9. The van der Waals surface area contributed by atoms with Gasteiger partial charge >= 0.3 is 0 Å². The number of carbonyl (C=O) groups excluding carboxylic acids is 3. The standard InChI is InChI=1S/C42H50N4O3/c1-42(2,43-3)28-15-22-39(47)45(4)38(31-34-23-25-36(26-24-34)35-20-13-8-14-21-35)41(49)46(5)37(30-33-18-11-7-12-19-33)40(48)44-29-27-32-16-9-6-10-17-32/h6-26,37-38,43H,27-31H2,1-5H3,(H,44,48)/b22-15+. The molecule has 0 saturated heterocycles. The number of rotatable bonds is 16. The van der Waals surface area contributed by atoms with Crippen LogP contribution in [0.4, 0.5) is 0 Å². The van der Waals surface area contributed by atoms with E-state index >= 15 is 0 Å². The molecule has 4 aromatic carbocycles. The summed E-state index contributed by atoms with van der Waals surface area (Å²) in [5.74, 6) is -0.803. The van der Waals surface area contributed by atoms with Crippen LogP contribution >= 0.6 is 0 Å². The van der Waals surface area contributed by atoms with E-state index in [4.69, 9.17) is 0 Å². The fourth-order valence-electron chi connectivity index (χ4n) is 5.63. The summed E-state index contributed by atoms with van der Waals surface area (Å²) in [7, 11) is 5.22. The highest BCUT2D eigenvalue weighted by Gasteiger charge is 2.34. The van der Waals surface area contributed by atoms with Crippen molar-refractivity contribution in [2.45, 2.75) is 57.2 Å². The molecule has 2 N–H and O–H groups in total. The van der Waals surface area contributed by atoms with Gasteiger partial charge in [-0.25, -0.2) is 0 Å². The summed E-state index contributed by atoms with van der Waals surface area (Å²) in [6.07, 6.45) is 5.34. The minimum Gasteiger partial charge on any atom is -0.354 e. The summed E-state index contributed by atoms with van der Waals surface area (Å²) in [4.78, 5) is 44.9. The molecule has 4 rings (SSSR count). The number of amides is 3. The SMILES string of the molecule is CNC(C)(C)C/C=C/C(=O)N(C)C(Cc1ccc(-c2ccccc2)cc1)C(=O)N(C)C(Cc1ccccc1)C(=O)NCCc1ccccc1. The zero-order chi connectivity index (χ0) is 35.2. The molecule has 3 amide bonds. The van der Waals surface area contributed by atoms with Crippen molar-refractivity contribution in [2.24, 2.45) is 0 Å². The van der Waals surface area contributed by atoms with Crippen LogP contribution in [-0.4, -0.2) is 72.8 Å². The Hall–Kier alpha value is -5.01. The van der Waals surface area contributed by atoms with E-state index in [9.17, 15) is 14.4 Å². The number of benzene rings is 4. The Morgan fingerprint density at radius 2 is 1.18 bits per heavy atom. The molecule has 0 aliphatic carbocycles. The Kier molecular flexibility index (Phi) is 13.5. The lowest BCUT2D eigenvalue weighted by molar-refractivity contribution is -0.146. The van der Waals surface area contributed by atoms with Gasteiger partial charge in [0.2, 0.25) is 17.7 Å². The first-order valence-electron chi connectivity index (χ1n) is 17.0. The highest BCUT2D eigenvalue weighted by Crippen LogP contribution is 2.22. The van der Waals surface area contributed by atoms with Crippen LogP contribution in [0, 0.1) is 0 Å². The lowest BCUT2D eigenvalue weighted by Crippen LogP contribution is -2.56. The van der Waals surface area contributed by atoms with E-state index in [1.165, 1.54) is 15.9 Å². The Bertz CT molecular complexity index is 1650. The van der Waals surface area contributed by atoms with E-state index in [0.29, 0.717) is 32.2 Å². The van der Waals surface area contributed by atoms with Crippen molar-refractivity contribution in [1.29, 1.82) is 0 Å². The Morgan fingerprint density at radius 1 is 0.673 bits per heavy atom. The number of hydrogen-bond acceptors (Lipinski definition) is 4. The zero-order valence-electron chi connectivity index (χ0n) is 29.4. The van der Waals surface area contributed by atoms with Crippen LogP contribution in [0.2, 0.25) is 0 Å². The van der Waals surface area contributed by atoms with Gasteiger partial charge in [-0.05, 0) is 67.6 Å². The lowest BCUT2D eigenvalue weighted by atomic mass is 9.98. The van der Waals surface area contributed by atoms with Crippen molar-refractivity contribution in [3.8, 4) is 11.1 Å². The number of carbonyl (C=O) groups is 3. The highest BCUT2D eigenvalue weighted by atomic mass is 16.2. The molecule has 7 nitrogen and oxygen atoms in total. The van der Waals surface area contributed by atoms with E-state index in [1.807, 2.05) is 116 Å². The van der Waals surface area contributed by atoms with Gasteiger partial charge in [0.1, 0.15) is 12.1 Å². The minimum absolute atomic E-state index is 0.177. The molecule has 0 spiro atoms. The number of nitrogens with one attached hydrogen (secondary N) is 2. The topological polar surface area (TPSA) is 81.8 Å². The zero-order valence-corrected chi connectivity index (χ0v) is 29.4. The molecule has 256 valence electrons. The smallest absolute Gasteiger partial charge is 0.246 e. The van der Waals surface area contributed by atoms with Gasteiger partial charge in [0, 0.05) is 39.0 Å². The summed E-state index contributed by atoms with van der Waals surface area (Å²) in [5, 5.41) is 6.31. The minimum atomic E-state index is -0.836. The predicted octanol–water partition coefficient (Wildman–Crippen LogP) is 6.10. The maximum Gasteiger partial charge on any atom is 0.246 e. The molecule has 0 aliphatic heterocycles. The third kappa shape index (κ3) is 11.0. The van der Waals surface area contributed by atoms with Crippen molar-refractivity contribution in [3.63, 3.8) is 0 Å². The summed E-state index contributed by atoms with van der Waals surface area (Å²) in [6, 6.07) is 36.3. The van der Waals surface area contributed by atoms with Gasteiger partial charge in [-0.2, -0.15) is 0 Å². The summed E-state index contributed by atoms with van der Waals surface area (Å²) >= 11 is 0. The van der Waals surface area contributed by atoms with E-state index in [1.54, 1.807) is 14.1 Å². The molecule has 2 unspecified atom stereocenters. The number of hydrogen-bond donors (Lipinski definition) is 2. The molecule has 49 heavy (non-hydrogen) atoms. The summed E-state index contributed by atoms with van der Waals surface area (Å²) < 4.78 is 0. The van der Waals surface area contributed by atoms with Crippen molar-refractivity contribution < 1.29 is 14.4 Å². The molecule has 0 aromatic heterocycles. The monoisotopic (exact) mass is 658 g/mol. The average Bonchev–Trinajstić information content (AvgIpc) is 3.13. The van der Waals surface area contributed by atoms with Gasteiger partial charge in [0.25, 0.3) is 0 Å². The van der Waals surface area contributed by atoms with Crippen LogP contribution < -0.4 is 10.6 Å². The quantitative estimate of drug-likeness (QED) is 0.143. The molecule has 0 heterocycles. The summed E-state index contributed by atoms with van der Waals surface area (Å²) in [5.41, 5.74) is 4.97. The van der Waals surface area contributed by atoms with Gasteiger partial charge in [-0.1, -0.05) is 121 Å². The Labute approximate surface area is 292 Å². The van der Waals surface area contributed by atoms with Gasteiger partial charge in [-0.15, -0.1) is 0 Å². The van der Waals surface area contributed by atoms with E-state index in [-0.39, 0.29) is 23.3 Å². The van der Waals surface area contributed by atoms with Crippen LogP contribution in [0.25, 0.3) is 11.1 Å². The average molecular weight is 659 g/mol. The Balaban J connectivity index is 1.59. The maximum absolute atomic E-state index is 14.5. The van der Waals surface area contributed by atoms with Crippen LogP contribution in [0.3, 0.4) is 0 Å². The van der Waals surface area contributed by atoms with Crippen LogP contribution in [0.15, 0.2) is 127 Å². The maximum atomic E-state index is 14.5. The van der Waals surface area contributed by atoms with Crippen molar-refractivity contribution in [2.75, 3.05) is 27.7 Å². The van der Waals surface area contributed by atoms with Crippen molar-refractivity contribution >= 4 is 17.7 Å². The molecule has 0 aliphatic rings. The van der Waals surface area contributed by atoms with Crippen molar-refractivity contribution in [3.05, 3.63) is 144 Å². The first kappa shape index (κ1) is 36.8. The van der Waals surface area contributed by atoms with Crippen LogP contribution in [0.1, 0.15) is 37.0 Å². The van der Waals surface area contributed by atoms with Gasteiger partial charge in [0.05, 0.1) is 0 Å². The van der Waals surface area contributed by atoms with Crippen LogP contribution in [-0.2, 0) is 33.6 Å². The second-order valence-corrected chi connectivity index (χ2v) is 13.2. The van der Waals surface area contributed by atoms with Gasteiger partial charge in [0.15, 0.2) is 0 Å². The Morgan fingerprint density at radius 3 is 1.78 bits per heavy atom. The molecular formula is C42H50N4O3. The third-order valence-electron chi connectivity index (χ3n) is 9.10. The predicted molar refractivity (Wildman–Crippen MR) is 199 cm³/mol. The lowest BCUT2D eigenvalue weighted by Gasteiger charge is -2.34. The van der Waals surface area contributed by atoms with Gasteiger partial charge in [-0.3, -0.25) is 14.4 Å². The van der Waals surface area contributed by atoms with E-state index in [2.05, 4.69) is 36.6 Å². The fourth-order valence-corrected chi connectivity index (χ4v) is 5.63. The van der Waals surface area contributed by atoms with Gasteiger partial charge < -0.3 is 20.4 Å². The molecule has 0 saturated carbocycles. The molecule has 0 radical (unpaired) electrons. The molecule has 2 atom stereocenters. The van der Waals surface area contributed by atoms with E-state index in [0.717, 1.165) is 27.8 Å². The normalized spacial score (nSPS) is 12.7. The largest absolute Gasteiger partial charge is 0.354 e. The first-order valence-corrected chi connectivity index (χ1v) is 17.0. The summed E-state index contributed by atoms with van der Waals surface area (Å²) in [6.45, 7) is 4.56. The highest BCUT2D eigenvalue weighted by molar-refractivity contribution is 5.95. The van der Waals surface area contributed by atoms with Crippen LogP contribution in [0.5, 0.6) is 0 Å². The number of nitrogens with zero attached hydrogens (tertiary/aromatic N) is 2. The second-order valence-electron chi connectivity index (χ2n) is 13.2. The number of likely N-dealkylation sites (N-methyl/N-ethyl adjacent to an activating group) is 2. The molecular weight excluding hydrogens is 608 g/mol. The third-order valence-corrected chi connectivity index (χ3v) is 9.10. The van der Waals surface area contributed by atoms with E-state index < -0.39 is 12.1 Å².